The molecule has 0 radical (unpaired) electrons. The Morgan fingerprint density at radius 1 is 0.586 bits per heavy atom. The zero-order valence-electron chi connectivity index (χ0n) is 16.3. The second-order valence-corrected chi connectivity index (χ2v) is 11.2. The summed E-state index contributed by atoms with van der Waals surface area (Å²) in [5.41, 5.74) is 1.16. The van der Waals surface area contributed by atoms with E-state index < -0.39 is 8.32 Å². The molecule has 0 aromatic heterocycles. The molecule has 4 rings (SSSR count). The van der Waals surface area contributed by atoms with E-state index in [0.29, 0.717) is 0 Å². The van der Waals surface area contributed by atoms with Crippen LogP contribution in [-0.2, 0) is 4.43 Å². The molecule has 0 aliphatic heterocycles. The minimum Gasteiger partial charge on any atom is -0.397 e. The molecule has 1 nitrogen and oxygen atoms in total. The van der Waals surface area contributed by atoms with Crippen molar-refractivity contribution in [3.05, 3.63) is 125 Å². The smallest absolute Gasteiger partial charge is 0.288 e. The van der Waals surface area contributed by atoms with E-state index in [-0.39, 0.29) is 6.10 Å². The van der Waals surface area contributed by atoms with E-state index in [1.165, 1.54) is 15.6 Å². The molecule has 4 aromatic rings. The predicted octanol–water partition coefficient (Wildman–Crippen LogP) is 5.19. The quantitative estimate of drug-likeness (QED) is 0.285. The van der Waals surface area contributed by atoms with Crippen LogP contribution in [0.3, 0.4) is 0 Å². The lowest BCUT2D eigenvalue weighted by Gasteiger charge is -2.36. The van der Waals surface area contributed by atoms with Crippen LogP contribution in [0.15, 0.2) is 120 Å². The monoisotopic (exact) mass is 458 g/mol. The molecule has 1 atom stereocenters. The normalized spacial score (nSPS) is 12.5. The predicted molar refractivity (Wildman–Crippen MR) is 128 cm³/mol. The first-order valence-corrected chi connectivity index (χ1v) is 12.5. The first kappa shape index (κ1) is 19.8. The Morgan fingerprint density at radius 2 is 0.966 bits per heavy atom. The zero-order chi connectivity index (χ0) is 20.1. The molecule has 0 saturated heterocycles. The van der Waals surface area contributed by atoms with Crippen molar-refractivity contribution in [2.24, 2.45) is 0 Å². The van der Waals surface area contributed by atoms with Crippen molar-refractivity contribution >= 4 is 39.8 Å². The SMILES string of the molecule is CC(O[Si](c1ccccc1)(c1ccccc1)c1ccccc1)c1ccccc1Br. The maximum Gasteiger partial charge on any atom is 0.288 e. The highest BCUT2D eigenvalue weighted by molar-refractivity contribution is 9.10. The second-order valence-electron chi connectivity index (χ2n) is 7.06. The highest BCUT2D eigenvalue weighted by Gasteiger charge is 2.43. The van der Waals surface area contributed by atoms with Crippen molar-refractivity contribution < 1.29 is 4.43 Å². The fraction of sp³-hybridized carbons (Fsp3) is 0.0769. The molecular formula is C26H23BrOSi. The molecule has 1 unspecified atom stereocenters. The average Bonchev–Trinajstić information content (AvgIpc) is 2.79. The standard InChI is InChI=1S/C26H23BrOSi/c1-21(25-19-11-12-20-26(25)27)28-29(22-13-5-2-6-14-22,23-15-7-3-8-16-23)24-17-9-4-10-18-24/h2-21H,1H3. The summed E-state index contributed by atoms with van der Waals surface area (Å²) in [6.45, 7) is 2.15. The van der Waals surface area contributed by atoms with Crippen LogP contribution < -0.4 is 15.6 Å². The summed E-state index contributed by atoms with van der Waals surface area (Å²) in [6, 6.07) is 40.4. The minimum absolute atomic E-state index is 0.0714. The lowest BCUT2D eigenvalue weighted by atomic mass is 10.1. The van der Waals surface area contributed by atoms with Crippen molar-refractivity contribution in [1.29, 1.82) is 0 Å². The molecule has 0 amide bonds. The molecule has 4 aromatic carbocycles. The maximum atomic E-state index is 7.17. The summed E-state index contributed by atoms with van der Waals surface area (Å²) in [6.07, 6.45) is -0.0714. The van der Waals surface area contributed by atoms with Gasteiger partial charge in [0.2, 0.25) is 0 Å². The van der Waals surface area contributed by atoms with E-state index in [4.69, 9.17) is 4.43 Å². The fourth-order valence-corrected chi connectivity index (χ4v) is 8.51. The van der Waals surface area contributed by atoms with Crippen LogP contribution >= 0.6 is 15.9 Å². The Kier molecular flexibility index (Phi) is 6.10. The van der Waals surface area contributed by atoms with E-state index in [9.17, 15) is 0 Å². The van der Waals surface area contributed by atoms with Crippen molar-refractivity contribution in [3.8, 4) is 0 Å². The second kappa shape index (κ2) is 8.91. The molecule has 144 valence electrons. The minimum atomic E-state index is -2.71. The molecule has 0 fully saturated rings. The lowest BCUT2D eigenvalue weighted by molar-refractivity contribution is 0.228. The molecule has 0 spiro atoms. The van der Waals surface area contributed by atoms with Gasteiger partial charge in [0, 0.05) is 4.47 Å². The van der Waals surface area contributed by atoms with Gasteiger partial charge >= 0.3 is 0 Å². The average molecular weight is 459 g/mol. The number of hydrogen-bond donors (Lipinski definition) is 0. The van der Waals surface area contributed by atoms with Gasteiger partial charge in [0.15, 0.2) is 0 Å². The third-order valence-corrected chi connectivity index (χ3v) is 10.1. The Hall–Kier alpha value is -2.46. The summed E-state index contributed by atoms with van der Waals surface area (Å²) < 4.78 is 8.25. The molecule has 29 heavy (non-hydrogen) atoms. The Labute approximate surface area is 182 Å². The molecular weight excluding hydrogens is 436 g/mol. The maximum absolute atomic E-state index is 7.17. The van der Waals surface area contributed by atoms with Gasteiger partial charge in [0.05, 0.1) is 6.10 Å². The van der Waals surface area contributed by atoms with Gasteiger partial charge in [-0.1, -0.05) is 125 Å². The van der Waals surface area contributed by atoms with Gasteiger partial charge in [-0.2, -0.15) is 0 Å². The Balaban J connectivity index is 1.94. The molecule has 3 heteroatoms. The topological polar surface area (TPSA) is 9.23 Å². The third kappa shape index (κ3) is 3.99. The lowest BCUT2D eigenvalue weighted by Crippen LogP contribution is -2.69. The summed E-state index contributed by atoms with van der Waals surface area (Å²) in [5, 5.41) is 3.74. The van der Waals surface area contributed by atoms with Gasteiger partial charge in [-0.15, -0.1) is 0 Å². The van der Waals surface area contributed by atoms with Crippen LogP contribution in [0.25, 0.3) is 0 Å². The van der Waals surface area contributed by atoms with E-state index in [2.05, 4.69) is 132 Å². The van der Waals surface area contributed by atoms with Crippen LogP contribution in [-0.4, -0.2) is 8.32 Å². The van der Waals surface area contributed by atoms with Gasteiger partial charge in [-0.3, -0.25) is 0 Å². The third-order valence-electron chi connectivity index (χ3n) is 5.24. The van der Waals surface area contributed by atoms with E-state index in [1.807, 2.05) is 6.07 Å². The highest BCUT2D eigenvalue weighted by Crippen LogP contribution is 2.28. The summed E-state index contributed by atoms with van der Waals surface area (Å²) >= 11 is 3.71. The number of halogens is 1. The molecule has 0 saturated carbocycles. The number of rotatable bonds is 6. The number of benzene rings is 4. The van der Waals surface area contributed by atoms with Gasteiger partial charge < -0.3 is 4.43 Å². The van der Waals surface area contributed by atoms with E-state index >= 15 is 0 Å². The summed E-state index contributed by atoms with van der Waals surface area (Å²) in [4.78, 5) is 0. The Morgan fingerprint density at radius 3 is 1.38 bits per heavy atom. The fourth-order valence-electron chi connectivity index (χ4n) is 3.86. The van der Waals surface area contributed by atoms with Crippen molar-refractivity contribution in [1.82, 2.24) is 0 Å². The van der Waals surface area contributed by atoms with Gasteiger partial charge in [0.25, 0.3) is 8.32 Å². The molecule has 0 heterocycles. The van der Waals surface area contributed by atoms with Gasteiger partial charge in [-0.25, -0.2) is 0 Å². The Bertz CT molecular complexity index is 955. The van der Waals surface area contributed by atoms with Crippen LogP contribution in [0.1, 0.15) is 18.6 Å². The number of hydrogen-bond acceptors (Lipinski definition) is 1. The van der Waals surface area contributed by atoms with Crippen molar-refractivity contribution in [2.75, 3.05) is 0 Å². The first-order valence-electron chi connectivity index (χ1n) is 9.80. The highest BCUT2D eigenvalue weighted by atomic mass is 79.9. The van der Waals surface area contributed by atoms with Crippen LogP contribution in [0.2, 0.25) is 0 Å². The molecule has 0 bridgehead atoms. The van der Waals surface area contributed by atoms with Crippen LogP contribution in [0.4, 0.5) is 0 Å². The zero-order valence-corrected chi connectivity index (χ0v) is 18.9. The molecule has 0 N–H and O–H groups in total. The summed E-state index contributed by atoms with van der Waals surface area (Å²) in [5.74, 6) is 0. The van der Waals surface area contributed by atoms with Gasteiger partial charge in [-0.05, 0) is 34.1 Å². The van der Waals surface area contributed by atoms with Gasteiger partial charge in [0.1, 0.15) is 0 Å². The van der Waals surface area contributed by atoms with Crippen LogP contribution in [0, 0.1) is 0 Å². The van der Waals surface area contributed by atoms with Crippen molar-refractivity contribution in [2.45, 2.75) is 13.0 Å². The van der Waals surface area contributed by atoms with Crippen molar-refractivity contribution in [3.63, 3.8) is 0 Å². The summed E-state index contributed by atoms with van der Waals surface area (Å²) in [7, 11) is -2.71. The largest absolute Gasteiger partial charge is 0.397 e. The molecule has 0 aliphatic rings. The van der Waals surface area contributed by atoms with E-state index in [0.717, 1.165) is 10.0 Å². The van der Waals surface area contributed by atoms with E-state index in [1.54, 1.807) is 0 Å². The molecule has 0 aliphatic carbocycles. The van der Waals surface area contributed by atoms with Crippen LogP contribution in [0.5, 0.6) is 0 Å². The first-order chi connectivity index (χ1) is 14.2.